The predicted octanol–water partition coefficient (Wildman–Crippen LogP) is 3.73. The largest absolute Gasteiger partial charge is 0.350 e. The van der Waals surface area contributed by atoms with Gasteiger partial charge in [-0.2, -0.15) is 0 Å². The van der Waals surface area contributed by atoms with Crippen LogP contribution in [0.1, 0.15) is 35.8 Å². The third kappa shape index (κ3) is 4.58. The highest BCUT2D eigenvalue weighted by Gasteiger charge is 2.21. The second-order valence-corrected chi connectivity index (χ2v) is 6.75. The number of hydrogen-bond donors (Lipinski definition) is 1. The summed E-state index contributed by atoms with van der Waals surface area (Å²) >= 11 is 6.43. The third-order valence-corrected chi connectivity index (χ3v) is 5.09. The summed E-state index contributed by atoms with van der Waals surface area (Å²) in [5.41, 5.74) is 1.57. The summed E-state index contributed by atoms with van der Waals surface area (Å²) < 4.78 is 1.76. The molecule has 0 fully saturated rings. The molecule has 28 heavy (non-hydrogen) atoms. The number of halogens is 1. The van der Waals surface area contributed by atoms with Crippen LogP contribution in [0.15, 0.2) is 61.3 Å². The number of rotatable bonds is 8. The molecule has 146 valence electrons. The third-order valence-electron chi connectivity index (χ3n) is 4.75. The number of nitrogens with zero attached hydrogens (tertiary/aromatic N) is 4. The fraction of sp³-hybridized carbons (Fsp3) is 0.286. The molecule has 1 atom stereocenters. The van der Waals surface area contributed by atoms with Crippen molar-refractivity contribution in [1.29, 1.82) is 0 Å². The molecule has 3 aromatic rings. The van der Waals surface area contributed by atoms with Crippen molar-refractivity contribution in [2.24, 2.45) is 0 Å². The number of nitrogens with one attached hydrogen (secondary N) is 1. The average Bonchev–Trinajstić information content (AvgIpc) is 3.27. The van der Waals surface area contributed by atoms with Gasteiger partial charge < -0.3 is 5.32 Å². The van der Waals surface area contributed by atoms with Gasteiger partial charge in [0.15, 0.2) is 0 Å². The molecule has 0 aliphatic carbocycles. The topological polar surface area (TPSA) is 63.1 Å². The number of pyridine rings is 1. The minimum atomic E-state index is -0.145. The van der Waals surface area contributed by atoms with Crippen molar-refractivity contribution in [3.63, 3.8) is 0 Å². The summed E-state index contributed by atoms with van der Waals surface area (Å²) in [5.74, 6) is 0.504. The maximum Gasteiger partial charge on any atom is 0.251 e. The van der Waals surface area contributed by atoms with Crippen molar-refractivity contribution >= 4 is 17.5 Å². The van der Waals surface area contributed by atoms with Gasteiger partial charge in [0.25, 0.3) is 5.91 Å². The zero-order chi connectivity index (χ0) is 19.9. The number of carbonyl (C=O) groups excluding carboxylic acids is 1. The molecular formula is C21H24ClN5O. The monoisotopic (exact) mass is 397 g/mol. The molecule has 0 radical (unpaired) electrons. The molecule has 0 spiro atoms. The van der Waals surface area contributed by atoms with Gasteiger partial charge in [0.2, 0.25) is 0 Å². The molecule has 2 aromatic heterocycles. The van der Waals surface area contributed by atoms with Crippen molar-refractivity contribution in [3.8, 4) is 5.82 Å². The van der Waals surface area contributed by atoms with E-state index in [1.807, 2.05) is 24.3 Å². The van der Waals surface area contributed by atoms with Gasteiger partial charge in [-0.25, -0.2) is 9.97 Å². The first-order valence-corrected chi connectivity index (χ1v) is 9.72. The van der Waals surface area contributed by atoms with Gasteiger partial charge >= 0.3 is 0 Å². The molecule has 0 saturated heterocycles. The summed E-state index contributed by atoms with van der Waals surface area (Å²) in [6.45, 7) is 6.41. The van der Waals surface area contributed by atoms with Crippen LogP contribution in [-0.4, -0.2) is 45.0 Å². The molecule has 0 bridgehead atoms. The zero-order valence-electron chi connectivity index (χ0n) is 16.0. The Morgan fingerprint density at radius 1 is 1.21 bits per heavy atom. The Kier molecular flexibility index (Phi) is 6.79. The van der Waals surface area contributed by atoms with E-state index >= 15 is 0 Å². The van der Waals surface area contributed by atoms with E-state index in [-0.39, 0.29) is 11.9 Å². The van der Waals surface area contributed by atoms with Crippen molar-refractivity contribution < 1.29 is 4.79 Å². The number of benzene rings is 1. The summed E-state index contributed by atoms with van der Waals surface area (Å²) in [7, 11) is 0. The molecule has 1 amide bonds. The summed E-state index contributed by atoms with van der Waals surface area (Å²) in [4.78, 5) is 23.4. The lowest BCUT2D eigenvalue weighted by atomic mass is 10.0. The second-order valence-electron chi connectivity index (χ2n) is 6.34. The second kappa shape index (κ2) is 9.48. The maximum atomic E-state index is 12.8. The van der Waals surface area contributed by atoms with Gasteiger partial charge in [0.05, 0.1) is 6.04 Å². The number of carbonyl (C=O) groups is 1. The minimum absolute atomic E-state index is 0.00241. The van der Waals surface area contributed by atoms with Gasteiger partial charge in [-0.1, -0.05) is 43.6 Å². The highest BCUT2D eigenvalue weighted by atomic mass is 35.5. The van der Waals surface area contributed by atoms with Gasteiger partial charge in [-0.15, -0.1) is 0 Å². The van der Waals surface area contributed by atoms with Gasteiger partial charge in [0, 0.05) is 35.7 Å². The molecule has 0 saturated carbocycles. The van der Waals surface area contributed by atoms with Crippen molar-refractivity contribution in [2.75, 3.05) is 19.6 Å². The van der Waals surface area contributed by atoms with Crippen molar-refractivity contribution in [3.05, 3.63) is 77.5 Å². The van der Waals surface area contributed by atoms with E-state index in [1.165, 1.54) is 0 Å². The molecule has 0 unspecified atom stereocenters. The Labute approximate surface area is 170 Å². The number of hydrogen-bond acceptors (Lipinski definition) is 4. The lowest BCUT2D eigenvalue weighted by molar-refractivity contribution is 0.0935. The molecule has 2 heterocycles. The fourth-order valence-electron chi connectivity index (χ4n) is 3.23. The van der Waals surface area contributed by atoms with Gasteiger partial charge in [0.1, 0.15) is 12.1 Å². The first-order chi connectivity index (χ1) is 13.6. The Bertz CT molecular complexity index is 909. The zero-order valence-corrected chi connectivity index (χ0v) is 16.8. The Balaban J connectivity index is 1.77. The number of likely N-dealkylation sites (N-methyl/N-ethyl adjacent to an activating group) is 1. The lowest BCUT2D eigenvalue weighted by Crippen LogP contribution is -2.38. The molecule has 0 aliphatic rings. The molecule has 0 aliphatic heterocycles. The molecule has 3 rings (SSSR count). The van der Waals surface area contributed by atoms with E-state index in [9.17, 15) is 4.79 Å². The van der Waals surface area contributed by atoms with Crippen LogP contribution in [0.4, 0.5) is 0 Å². The number of aromatic nitrogens is 3. The number of amides is 1. The molecular weight excluding hydrogens is 374 g/mol. The molecule has 7 heteroatoms. The van der Waals surface area contributed by atoms with Crippen LogP contribution in [0.25, 0.3) is 5.82 Å². The van der Waals surface area contributed by atoms with E-state index in [0.717, 1.165) is 18.7 Å². The Morgan fingerprint density at radius 2 is 2.00 bits per heavy atom. The van der Waals surface area contributed by atoms with E-state index in [1.54, 1.807) is 41.6 Å². The van der Waals surface area contributed by atoms with E-state index in [0.29, 0.717) is 22.9 Å². The first kappa shape index (κ1) is 20.0. The van der Waals surface area contributed by atoms with Crippen molar-refractivity contribution in [2.45, 2.75) is 19.9 Å². The van der Waals surface area contributed by atoms with E-state index in [4.69, 9.17) is 11.6 Å². The summed E-state index contributed by atoms with van der Waals surface area (Å²) in [6, 6.07) is 11.2. The molecule has 6 nitrogen and oxygen atoms in total. The standard InChI is InChI=1S/C21H24ClN5O/c1-3-26(4-2)19(17-7-5-6-8-18(17)22)14-25-21(28)16-9-10-24-20(13-16)27-12-11-23-15-27/h5-13,15,19H,3-4,14H2,1-2H3,(H,25,28)/t19-/m0/s1. The quantitative estimate of drug-likeness (QED) is 0.629. The van der Waals surface area contributed by atoms with E-state index in [2.05, 4.69) is 34.0 Å². The SMILES string of the molecule is CCN(CC)[C@@H](CNC(=O)c1ccnc(-n2ccnc2)c1)c1ccccc1Cl. The van der Waals surface area contributed by atoms with Crippen LogP contribution < -0.4 is 5.32 Å². The summed E-state index contributed by atoms with van der Waals surface area (Å²) in [5, 5.41) is 3.76. The van der Waals surface area contributed by atoms with Crippen LogP contribution in [0.3, 0.4) is 0 Å². The normalized spacial score (nSPS) is 12.1. The summed E-state index contributed by atoms with van der Waals surface area (Å²) in [6.07, 6.45) is 6.74. The Hall–Kier alpha value is -2.70. The fourth-order valence-corrected chi connectivity index (χ4v) is 3.49. The highest BCUT2D eigenvalue weighted by Crippen LogP contribution is 2.27. The van der Waals surface area contributed by atoms with Gasteiger partial charge in [-0.05, 0) is 36.9 Å². The predicted molar refractivity (Wildman–Crippen MR) is 111 cm³/mol. The van der Waals surface area contributed by atoms with Crippen LogP contribution in [0.2, 0.25) is 5.02 Å². The number of imidazole rings is 1. The highest BCUT2D eigenvalue weighted by molar-refractivity contribution is 6.31. The molecule has 1 N–H and O–H groups in total. The van der Waals surface area contributed by atoms with Gasteiger partial charge in [-0.3, -0.25) is 14.3 Å². The minimum Gasteiger partial charge on any atom is -0.350 e. The smallest absolute Gasteiger partial charge is 0.251 e. The van der Waals surface area contributed by atoms with Crippen LogP contribution >= 0.6 is 11.6 Å². The molecule has 1 aromatic carbocycles. The van der Waals surface area contributed by atoms with Crippen LogP contribution in [0.5, 0.6) is 0 Å². The first-order valence-electron chi connectivity index (χ1n) is 9.35. The van der Waals surface area contributed by atoms with E-state index < -0.39 is 0 Å². The maximum absolute atomic E-state index is 12.8. The van der Waals surface area contributed by atoms with Crippen molar-refractivity contribution in [1.82, 2.24) is 24.8 Å². The van der Waals surface area contributed by atoms with Crippen LogP contribution in [0, 0.1) is 0 Å². The lowest BCUT2D eigenvalue weighted by Gasteiger charge is -2.31. The Morgan fingerprint density at radius 3 is 2.68 bits per heavy atom. The average molecular weight is 398 g/mol. The van der Waals surface area contributed by atoms with Crippen LogP contribution in [-0.2, 0) is 0 Å².